The summed E-state index contributed by atoms with van der Waals surface area (Å²) in [6.07, 6.45) is 6.30. The van der Waals surface area contributed by atoms with Crippen molar-refractivity contribution in [3.63, 3.8) is 0 Å². The number of benzene rings is 2. The standard InChI is InChI=1S/C33H42N2O7.Na/c1-6-20-19-34-11-9-21-15-28(39-2)30(41-4)17-24(21)26(34)13-23(20)14-27-25-18-31(42-5)29(40-3)16-22(25)10-12-35(27)32(36)7-8-33(37)38;/h7-8,15-18,20,23,26-27H,6,9-14,19H2,1-5H3,(H,37,38);/q;+1/p-1/b8-7-;/t20-,23+,26-,27+;/m0./s1. The van der Waals surface area contributed by atoms with Crippen molar-refractivity contribution in [2.24, 2.45) is 11.8 Å². The number of carbonyl (C=O) groups excluding carboxylic acids is 2. The van der Waals surface area contributed by atoms with E-state index in [0.717, 1.165) is 73.6 Å². The van der Waals surface area contributed by atoms with E-state index in [0.29, 0.717) is 36.3 Å². The Bertz CT molecular complexity index is 1360. The number of carboxylic acid groups (broad SMARTS) is 1. The molecule has 1 amide bonds. The molecule has 43 heavy (non-hydrogen) atoms. The van der Waals surface area contributed by atoms with E-state index in [1.165, 1.54) is 11.1 Å². The summed E-state index contributed by atoms with van der Waals surface area (Å²) in [6.45, 7) is 4.72. The third-order valence-electron chi connectivity index (χ3n) is 9.47. The van der Waals surface area contributed by atoms with Crippen LogP contribution in [0.1, 0.15) is 60.5 Å². The zero-order valence-corrected chi connectivity index (χ0v) is 28.2. The third kappa shape index (κ3) is 6.70. The maximum Gasteiger partial charge on any atom is 1.00 e. The van der Waals surface area contributed by atoms with Crippen molar-refractivity contribution in [1.29, 1.82) is 0 Å². The summed E-state index contributed by atoms with van der Waals surface area (Å²) in [4.78, 5) is 28.9. The van der Waals surface area contributed by atoms with E-state index in [1.807, 2.05) is 17.0 Å². The van der Waals surface area contributed by atoms with Crippen LogP contribution in [0.5, 0.6) is 23.0 Å². The number of hydrogen-bond donors (Lipinski definition) is 0. The fourth-order valence-electron chi connectivity index (χ4n) is 7.32. The molecule has 2 aromatic carbocycles. The first-order chi connectivity index (χ1) is 20.3. The topological polar surface area (TPSA) is 101 Å². The van der Waals surface area contributed by atoms with Gasteiger partial charge in [-0.05, 0) is 90.1 Å². The number of carboxylic acids is 1. The van der Waals surface area contributed by atoms with Crippen molar-refractivity contribution >= 4 is 11.9 Å². The second-order valence-corrected chi connectivity index (χ2v) is 11.4. The molecule has 0 aliphatic carbocycles. The van der Waals surface area contributed by atoms with Crippen LogP contribution in [0.3, 0.4) is 0 Å². The average molecular weight is 601 g/mol. The van der Waals surface area contributed by atoms with Gasteiger partial charge in [0, 0.05) is 31.8 Å². The van der Waals surface area contributed by atoms with E-state index >= 15 is 0 Å². The molecule has 0 bridgehead atoms. The van der Waals surface area contributed by atoms with E-state index in [9.17, 15) is 14.7 Å². The molecule has 2 aromatic rings. The zero-order chi connectivity index (χ0) is 30.0. The second-order valence-electron chi connectivity index (χ2n) is 11.4. The van der Waals surface area contributed by atoms with Gasteiger partial charge in [0.2, 0.25) is 5.91 Å². The van der Waals surface area contributed by atoms with Crippen LogP contribution < -0.4 is 53.6 Å². The van der Waals surface area contributed by atoms with Crippen molar-refractivity contribution in [2.75, 3.05) is 48.1 Å². The molecule has 0 N–H and O–H groups in total. The maximum atomic E-state index is 13.4. The predicted molar refractivity (Wildman–Crippen MR) is 156 cm³/mol. The van der Waals surface area contributed by atoms with E-state index in [2.05, 4.69) is 24.0 Å². The molecule has 0 radical (unpaired) electrons. The summed E-state index contributed by atoms with van der Waals surface area (Å²) < 4.78 is 22.5. The molecule has 0 unspecified atom stereocenters. The molecule has 1 saturated heterocycles. The van der Waals surface area contributed by atoms with Crippen molar-refractivity contribution in [3.8, 4) is 23.0 Å². The molecular formula is C33H41N2NaO7. The molecule has 0 aromatic heterocycles. The molecule has 0 saturated carbocycles. The Balaban J connectivity index is 0.00000423. The fraction of sp³-hybridized carbons (Fsp3) is 0.515. The van der Waals surface area contributed by atoms with Gasteiger partial charge in [0.1, 0.15) is 0 Å². The summed E-state index contributed by atoms with van der Waals surface area (Å²) in [6, 6.07) is 8.28. The van der Waals surface area contributed by atoms with Gasteiger partial charge in [-0.15, -0.1) is 0 Å². The van der Waals surface area contributed by atoms with Crippen LogP contribution in [-0.4, -0.2) is 69.7 Å². The van der Waals surface area contributed by atoms with E-state index in [-0.39, 0.29) is 47.5 Å². The molecule has 3 heterocycles. The van der Waals surface area contributed by atoms with E-state index in [4.69, 9.17) is 18.9 Å². The minimum Gasteiger partial charge on any atom is -0.545 e. The minimum absolute atomic E-state index is 0. The van der Waals surface area contributed by atoms with Crippen LogP contribution in [-0.2, 0) is 22.4 Å². The van der Waals surface area contributed by atoms with Gasteiger partial charge >= 0.3 is 29.6 Å². The summed E-state index contributed by atoms with van der Waals surface area (Å²) in [5.41, 5.74) is 4.74. The van der Waals surface area contributed by atoms with Crippen LogP contribution in [0, 0.1) is 11.8 Å². The first-order valence-corrected chi connectivity index (χ1v) is 14.7. The molecule has 5 rings (SSSR count). The molecule has 9 nitrogen and oxygen atoms in total. The van der Waals surface area contributed by atoms with Crippen LogP contribution in [0.4, 0.5) is 0 Å². The third-order valence-corrected chi connectivity index (χ3v) is 9.47. The van der Waals surface area contributed by atoms with Gasteiger partial charge in [0.25, 0.3) is 0 Å². The van der Waals surface area contributed by atoms with Gasteiger partial charge in [-0.1, -0.05) is 13.3 Å². The molecule has 0 spiro atoms. The Hall–Kier alpha value is -2.72. The molecule has 226 valence electrons. The van der Waals surface area contributed by atoms with Crippen molar-refractivity contribution in [1.82, 2.24) is 9.80 Å². The average Bonchev–Trinajstić information content (AvgIpc) is 3.01. The van der Waals surface area contributed by atoms with Gasteiger partial charge in [0.15, 0.2) is 23.0 Å². The van der Waals surface area contributed by atoms with Crippen LogP contribution >= 0.6 is 0 Å². The van der Waals surface area contributed by atoms with Gasteiger partial charge in [-0.25, -0.2) is 0 Å². The zero-order valence-electron chi connectivity index (χ0n) is 26.2. The Morgan fingerprint density at radius 1 is 0.837 bits per heavy atom. The van der Waals surface area contributed by atoms with Crippen molar-refractivity contribution in [3.05, 3.63) is 58.7 Å². The first-order valence-electron chi connectivity index (χ1n) is 14.7. The summed E-state index contributed by atoms with van der Waals surface area (Å²) in [5.74, 6) is 1.86. The van der Waals surface area contributed by atoms with E-state index < -0.39 is 5.97 Å². The molecule has 3 aliphatic heterocycles. The SMILES string of the molecule is CC[C@H]1CN2CCc3cc(OC)c(OC)cc3[C@@H]2C[C@@H]1C[C@@H]1c2cc(OC)c(OC)cc2CCN1C(=O)/C=C\C(=O)[O-].[Na+]. The van der Waals surface area contributed by atoms with Crippen LogP contribution in [0.15, 0.2) is 36.4 Å². The molecule has 1 fully saturated rings. The second kappa shape index (κ2) is 14.4. The van der Waals surface area contributed by atoms with Crippen LogP contribution in [0.2, 0.25) is 0 Å². The van der Waals surface area contributed by atoms with Crippen molar-refractivity contribution in [2.45, 2.75) is 51.1 Å². The van der Waals surface area contributed by atoms with Gasteiger partial charge in [-0.3, -0.25) is 9.69 Å². The molecule has 3 aliphatic rings. The Morgan fingerprint density at radius 2 is 1.40 bits per heavy atom. The number of rotatable bonds is 9. The number of nitrogens with zero attached hydrogens (tertiary/aromatic N) is 2. The summed E-state index contributed by atoms with van der Waals surface area (Å²) >= 11 is 0. The van der Waals surface area contributed by atoms with Gasteiger partial charge in [-0.2, -0.15) is 0 Å². The number of ether oxygens (including phenoxy) is 4. The number of aliphatic carboxylic acids is 1. The number of piperidine rings is 1. The molecule has 4 atom stereocenters. The number of carbonyl (C=O) groups is 2. The predicted octanol–water partition coefficient (Wildman–Crippen LogP) is 0.493. The van der Waals surface area contributed by atoms with Crippen molar-refractivity contribution < 1.29 is 63.2 Å². The Kier molecular flexibility index (Phi) is 11.1. The normalized spacial score (nSPS) is 23.0. The minimum atomic E-state index is -1.38. The smallest absolute Gasteiger partial charge is 0.545 e. The number of methoxy groups -OCH3 is 4. The Morgan fingerprint density at radius 3 is 1.98 bits per heavy atom. The fourth-order valence-corrected chi connectivity index (χ4v) is 7.32. The van der Waals surface area contributed by atoms with Gasteiger partial charge < -0.3 is 33.7 Å². The quantitative estimate of drug-likeness (QED) is 0.303. The van der Waals surface area contributed by atoms with Gasteiger partial charge in [0.05, 0.1) is 40.5 Å². The largest absolute Gasteiger partial charge is 1.00 e. The summed E-state index contributed by atoms with van der Waals surface area (Å²) in [7, 11) is 6.58. The number of amides is 1. The van der Waals surface area contributed by atoms with Crippen LogP contribution in [0.25, 0.3) is 0 Å². The maximum absolute atomic E-state index is 13.4. The first kappa shape index (κ1) is 33.2. The van der Waals surface area contributed by atoms with E-state index in [1.54, 1.807) is 28.4 Å². The molecule has 10 heteroatoms. The number of fused-ring (bicyclic) bond motifs is 4. The molecular weight excluding hydrogens is 559 g/mol. The number of hydrogen-bond acceptors (Lipinski definition) is 8. The monoisotopic (exact) mass is 600 g/mol. The Labute approximate surface area is 276 Å². The summed E-state index contributed by atoms with van der Waals surface area (Å²) in [5, 5.41) is 11.1.